The van der Waals surface area contributed by atoms with Gasteiger partial charge in [-0.1, -0.05) is 12.7 Å². The van der Waals surface area contributed by atoms with Crippen molar-refractivity contribution in [2.24, 2.45) is 7.05 Å². The van der Waals surface area contributed by atoms with E-state index in [4.69, 9.17) is 9.59 Å². The Balaban J connectivity index is 0.000000292. The molecule has 0 saturated carbocycles. The minimum Gasteiger partial charge on any atom is -0.275 e. The summed E-state index contributed by atoms with van der Waals surface area (Å²) < 4.78 is 1.75. The zero-order chi connectivity index (χ0) is 8.69. The minimum absolute atomic E-state index is 0.250. The Morgan fingerprint density at radius 3 is 2.45 bits per heavy atom. The molecular formula is C7H8N2O2. The van der Waals surface area contributed by atoms with Gasteiger partial charge in [0.1, 0.15) is 0 Å². The maximum atomic E-state index is 8.12. The van der Waals surface area contributed by atoms with E-state index in [2.05, 4.69) is 11.7 Å². The fourth-order valence-corrected chi connectivity index (χ4v) is 0.546. The summed E-state index contributed by atoms with van der Waals surface area (Å²) in [6.07, 6.45) is 5.70. The van der Waals surface area contributed by atoms with E-state index in [1.54, 1.807) is 17.0 Å². The van der Waals surface area contributed by atoms with Gasteiger partial charge in [0.15, 0.2) is 0 Å². The summed E-state index contributed by atoms with van der Waals surface area (Å²) in [4.78, 5) is 16.2. The number of nitrogens with zero attached hydrogens (tertiary/aromatic N) is 2. The lowest BCUT2D eigenvalue weighted by Crippen LogP contribution is -1.83. The van der Waals surface area contributed by atoms with Gasteiger partial charge < -0.3 is 0 Å². The van der Waals surface area contributed by atoms with Crippen LogP contribution in [0.25, 0.3) is 6.08 Å². The van der Waals surface area contributed by atoms with E-state index in [9.17, 15) is 0 Å². The molecule has 1 heterocycles. The van der Waals surface area contributed by atoms with Gasteiger partial charge in [0, 0.05) is 18.8 Å². The van der Waals surface area contributed by atoms with E-state index in [-0.39, 0.29) is 6.15 Å². The molecule has 0 saturated heterocycles. The van der Waals surface area contributed by atoms with Crippen LogP contribution in [0.3, 0.4) is 0 Å². The zero-order valence-electron chi connectivity index (χ0n) is 6.15. The Morgan fingerprint density at radius 2 is 2.27 bits per heavy atom. The number of aryl methyl sites for hydroxylation is 1. The zero-order valence-corrected chi connectivity index (χ0v) is 6.15. The highest BCUT2D eigenvalue weighted by Gasteiger charge is 1.84. The minimum atomic E-state index is 0.250. The van der Waals surface area contributed by atoms with Crippen LogP contribution < -0.4 is 0 Å². The summed E-state index contributed by atoms with van der Waals surface area (Å²) in [5.41, 5.74) is 1.06. The van der Waals surface area contributed by atoms with Crippen LogP contribution in [0, 0.1) is 0 Å². The molecule has 0 atom stereocenters. The van der Waals surface area contributed by atoms with E-state index in [0.29, 0.717) is 0 Å². The van der Waals surface area contributed by atoms with Crippen molar-refractivity contribution in [3.8, 4) is 0 Å². The average Bonchev–Trinajstić information content (AvgIpc) is 2.37. The van der Waals surface area contributed by atoms with E-state index < -0.39 is 0 Å². The van der Waals surface area contributed by atoms with Gasteiger partial charge in [-0.2, -0.15) is 14.7 Å². The molecule has 0 aliphatic heterocycles. The van der Waals surface area contributed by atoms with Gasteiger partial charge in [0.05, 0.1) is 6.20 Å². The summed E-state index contributed by atoms with van der Waals surface area (Å²) in [7, 11) is 1.88. The maximum absolute atomic E-state index is 8.12. The number of aromatic nitrogens is 2. The molecule has 58 valence electrons. The van der Waals surface area contributed by atoms with Crippen LogP contribution in [0.15, 0.2) is 19.0 Å². The molecule has 1 aromatic heterocycles. The third-order valence-corrected chi connectivity index (χ3v) is 0.961. The summed E-state index contributed by atoms with van der Waals surface area (Å²) in [5, 5.41) is 3.93. The molecule has 0 aromatic carbocycles. The third-order valence-electron chi connectivity index (χ3n) is 0.961. The highest BCUT2D eigenvalue weighted by atomic mass is 16.2. The molecule has 0 unspecified atom stereocenters. The normalized spacial score (nSPS) is 7.36. The van der Waals surface area contributed by atoms with Gasteiger partial charge in [-0.25, -0.2) is 0 Å². The third kappa shape index (κ3) is 3.83. The Bertz CT molecular complexity index is 259. The van der Waals surface area contributed by atoms with Crippen molar-refractivity contribution in [2.45, 2.75) is 0 Å². The molecule has 11 heavy (non-hydrogen) atoms. The van der Waals surface area contributed by atoms with E-state index in [0.717, 1.165) is 5.56 Å². The van der Waals surface area contributed by atoms with Gasteiger partial charge in [0.2, 0.25) is 0 Å². The van der Waals surface area contributed by atoms with Crippen molar-refractivity contribution in [3.05, 3.63) is 24.5 Å². The lowest BCUT2D eigenvalue weighted by atomic mass is 10.4. The first kappa shape index (κ1) is 9.33. The van der Waals surface area contributed by atoms with Crippen molar-refractivity contribution in [1.29, 1.82) is 0 Å². The monoisotopic (exact) mass is 152 g/mol. The Hall–Kier alpha value is -1.67. The number of carbonyl (C=O) groups excluding carboxylic acids is 2. The fraction of sp³-hybridized carbons (Fsp3) is 0.143. The standard InChI is InChI=1S/C6H8N2.CO2/c1-3-6-4-7-8(2)5-6;2-1-3/h3-5H,1H2,2H3;. The Morgan fingerprint density at radius 1 is 1.73 bits per heavy atom. The van der Waals surface area contributed by atoms with Crippen LogP contribution in [-0.2, 0) is 16.6 Å². The molecule has 0 fully saturated rings. The molecular weight excluding hydrogens is 144 g/mol. The van der Waals surface area contributed by atoms with Crippen molar-refractivity contribution >= 4 is 12.2 Å². The molecule has 0 aliphatic carbocycles. The molecule has 0 amide bonds. The molecule has 1 rings (SSSR count). The van der Waals surface area contributed by atoms with Crippen LogP contribution in [0.4, 0.5) is 0 Å². The first-order chi connectivity index (χ1) is 5.24. The van der Waals surface area contributed by atoms with Crippen LogP contribution in [0.5, 0.6) is 0 Å². The smallest absolute Gasteiger partial charge is 0.275 e. The molecule has 0 N–H and O–H groups in total. The number of rotatable bonds is 1. The summed E-state index contributed by atoms with van der Waals surface area (Å²) in [5.74, 6) is 0. The van der Waals surface area contributed by atoms with Crippen molar-refractivity contribution < 1.29 is 9.59 Å². The van der Waals surface area contributed by atoms with Crippen molar-refractivity contribution in [1.82, 2.24) is 9.78 Å². The van der Waals surface area contributed by atoms with Crippen molar-refractivity contribution in [2.75, 3.05) is 0 Å². The molecule has 0 spiro atoms. The first-order valence-corrected chi connectivity index (χ1v) is 2.85. The summed E-state index contributed by atoms with van der Waals surface area (Å²) in [6.45, 7) is 3.59. The van der Waals surface area contributed by atoms with Gasteiger partial charge in [-0.15, -0.1) is 0 Å². The average molecular weight is 152 g/mol. The van der Waals surface area contributed by atoms with Gasteiger partial charge >= 0.3 is 6.15 Å². The largest absolute Gasteiger partial charge is 0.373 e. The maximum Gasteiger partial charge on any atom is 0.373 e. The molecule has 0 radical (unpaired) electrons. The highest BCUT2D eigenvalue weighted by Crippen LogP contribution is 1.95. The topological polar surface area (TPSA) is 52.0 Å². The number of hydrogen-bond donors (Lipinski definition) is 0. The highest BCUT2D eigenvalue weighted by molar-refractivity contribution is 5.43. The predicted molar refractivity (Wildman–Crippen MR) is 38.3 cm³/mol. The Labute approximate surface area is 64.1 Å². The van der Waals surface area contributed by atoms with Crippen LogP contribution in [-0.4, -0.2) is 15.9 Å². The van der Waals surface area contributed by atoms with E-state index in [1.165, 1.54) is 0 Å². The van der Waals surface area contributed by atoms with E-state index >= 15 is 0 Å². The second kappa shape index (κ2) is 5.14. The first-order valence-electron chi connectivity index (χ1n) is 2.85. The quantitative estimate of drug-likeness (QED) is 0.588. The van der Waals surface area contributed by atoms with Gasteiger partial charge in [-0.05, 0) is 0 Å². The second-order valence-electron chi connectivity index (χ2n) is 1.73. The van der Waals surface area contributed by atoms with Gasteiger partial charge in [0.25, 0.3) is 0 Å². The van der Waals surface area contributed by atoms with Crippen LogP contribution in [0.2, 0.25) is 0 Å². The predicted octanol–water partition coefficient (Wildman–Crippen LogP) is 0.480. The van der Waals surface area contributed by atoms with E-state index in [1.807, 2.05) is 13.2 Å². The van der Waals surface area contributed by atoms with Gasteiger partial charge in [-0.3, -0.25) is 4.68 Å². The molecule has 1 aromatic rings. The van der Waals surface area contributed by atoms with Crippen LogP contribution in [0.1, 0.15) is 5.56 Å². The second-order valence-corrected chi connectivity index (χ2v) is 1.73. The molecule has 0 aliphatic rings. The molecule has 0 bridgehead atoms. The lowest BCUT2D eigenvalue weighted by Gasteiger charge is -1.79. The summed E-state index contributed by atoms with van der Waals surface area (Å²) in [6, 6.07) is 0. The molecule has 4 heteroatoms. The SMILES string of the molecule is C=Cc1cnn(C)c1.O=C=O. The molecule has 4 nitrogen and oxygen atoms in total. The van der Waals surface area contributed by atoms with Crippen LogP contribution >= 0.6 is 0 Å². The lowest BCUT2D eigenvalue weighted by molar-refractivity contribution is -0.191. The Kier molecular flexibility index (Phi) is 4.36. The summed E-state index contributed by atoms with van der Waals surface area (Å²) >= 11 is 0. The fourth-order valence-electron chi connectivity index (χ4n) is 0.546. The van der Waals surface area contributed by atoms with Crippen molar-refractivity contribution in [3.63, 3.8) is 0 Å². The number of hydrogen-bond acceptors (Lipinski definition) is 3.